The number of nitrogens with zero attached hydrogens (tertiary/aromatic N) is 2. The first-order chi connectivity index (χ1) is 11.5. The van der Waals surface area contributed by atoms with Gasteiger partial charge in [0.1, 0.15) is 5.75 Å². The Labute approximate surface area is 144 Å². The summed E-state index contributed by atoms with van der Waals surface area (Å²) in [5, 5.41) is 2.69. The second-order valence-electron chi connectivity index (χ2n) is 5.23. The number of amides is 2. The number of likely N-dealkylation sites (N-methyl/N-ethyl adjacent to an activating group) is 1. The Bertz CT molecular complexity index is 791. The number of benzene rings is 1. The number of hydrogen-bond donors (Lipinski definition) is 2. The highest BCUT2D eigenvalue weighted by molar-refractivity contribution is 7.22. The lowest BCUT2D eigenvalue weighted by molar-refractivity contribution is -0.274. The van der Waals surface area contributed by atoms with Crippen molar-refractivity contribution in [2.75, 3.05) is 18.9 Å². The highest BCUT2D eigenvalue weighted by atomic mass is 32.1. The fourth-order valence-electron chi connectivity index (χ4n) is 1.96. The van der Waals surface area contributed by atoms with Gasteiger partial charge in [-0.3, -0.25) is 9.59 Å². The molecule has 2 rings (SSSR count). The zero-order valence-corrected chi connectivity index (χ0v) is 14.1. The predicted molar refractivity (Wildman–Crippen MR) is 86.2 cm³/mol. The van der Waals surface area contributed by atoms with Gasteiger partial charge in [-0.15, -0.1) is 13.2 Å². The van der Waals surface area contributed by atoms with Crippen LogP contribution in [0, 0.1) is 0 Å². The first kappa shape index (κ1) is 18.9. The van der Waals surface area contributed by atoms with E-state index in [0.717, 1.165) is 17.4 Å². The van der Waals surface area contributed by atoms with Crippen molar-refractivity contribution in [2.24, 2.45) is 5.73 Å². The van der Waals surface area contributed by atoms with Crippen LogP contribution in [-0.4, -0.2) is 47.7 Å². The second kappa shape index (κ2) is 7.23. The molecule has 0 aliphatic carbocycles. The zero-order valence-electron chi connectivity index (χ0n) is 13.3. The second-order valence-corrected chi connectivity index (χ2v) is 6.26. The third kappa shape index (κ3) is 5.29. The Hall–Kier alpha value is -2.40. The van der Waals surface area contributed by atoms with Crippen molar-refractivity contribution in [2.45, 2.75) is 19.3 Å². The molecule has 3 N–H and O–H groups in total. The van der Waals surface area contributed by atoms with Crippen molar-refractivity contribution in [3.8, 4) is 5.75 Å². The SMILES string of the molecule is CC(N)C(=O)N(C)CC(=O)Nc1nc2ccc(OC(F)(F)F)cc2s1. The van der Waals surface area contributed by atoms with Crippen LogP contribution in [0.1, 0.15) is 6.92 Å². The summed E-state index contributed by atoms with van der Waals surface area (Å²) < 4.78 is 40.9. The average molecular weight is 376 g/mol. The van der Waals surface area contributed by atoms with Crippen molar-refractivity contribution in [1.29, 1.82) is 0 Å². The van der Waals surface area contributed by atoms with Gasteiger partial charge in [0.2, 0.25) is 11.8 Å². The zero-order chi connectivity index (χ0) is 18.8. The lowest BCUT2D eigenvalue weighted by Gasteiger charge is -2.18. The lowest BCUT2D eigenvalue weighted by Crippen LogP contribution is -2.43. The van der Waals surface area contributed by atoms with Crippen LogP contribution in [0.15, 0.2) is 18.2 Å². The maximum absolute atomic E-state index is 12.2. The molecule has 11 heteroatoms. The van der Waals surface area contributed by atoms with Crippen molar-refractivity contribution in [3.63, 3.8) is 0 Å². The number of nitrogens with one attached hydrogen (secondary N) is 1. The van der Waals surface area contributed by atoms with Gasteiger partial charge in [0.15, 0.2) is 5.13 Å². The number of alkyl halides is 3. The van der Waals surface area contributed by atoms with E-state index in [0.29, 0.717) is 10.2 Å². The minimum Gasteiger partial charge on any atom is -0.406 e. The van der Waals surface area contributed by atoms with Crippen LogP contribution in [0.25, 0.3) is 10.2 Å². The minimum atomic E-state index is -4.79. The Morgan fingerprint density at radius 3 is 2.72 bits per heavy atom. The highest BCUT2D eigenvalue weighted by Gasteiger charge is 2.31. The van der Waals surface area contributed by atoms with Gasteiger partial charge < -0.3 is 20.7 Å². The predicted octanol–water partition coefficient (Wildman–Crippen LogP) is 1.94. The fourth-order valence-corrected chi connectivity index (χ4v) is 2.87. The number of nitrogens with two attached hydrogens (primary N) is 1. The molecule has 0 saturated carbocycles. The minimum absolute atomic E-state index is 0.200. The van der Waals surface area contributed by atoms with E-state index in [1.807, 2.05) is 0 Å². The van der Waals surface area contributed by atoms with Gasteiger partial charge in [0.05, 0.1) is 22.8 Å². The summed E-state index contributed by atoms with van der Waals surface area (Å²) in [5.41, 5.74) is 5.86. The lowest BCUT2D eigenvalue weighted by atomic mass is 10.3. The van der Waals surface area contributed by atoms with Crippen molar-refractivity contribution < 1.29 is 27.5 Å². The largest absolute Gasteiger partial charge is 0.573 e. The molecule has 0 aliphatic rings. The number of aromatic nitrogens is 1. The van der Waals surface area contributed by atoms with E-state index < -0.39 is 24.2 Å². The maximum Gasteiger partial charge on any atom is 0.573 e. The van der Waals surface area contributed by atoms with E-state index in [-0.39, 0.29) is 17.4 Å². The van der Waals surface area contributed by atoms with Crippen LogP contribution in [0.5, 0.6) is 5.75 Å². The molecular weight excluding hydrogens is 361 g/mol. The van der Waals surface area contributed by atoms with E-state index in [1.165, 1.54) is 31.0 Å². The number of fused-ring (bicyclic) bond motifs is 1. The maximum atomic E-state index is 12.2. The summed E-state index contributed by atoms with van der Waals surface area (Å²) in [5.74, 6) is -1.26. The van der Waals surface area contributed by atoms with Gasteiger partial charge in [-0.2, -0.15) is 0 Å². The Morgan fingerprint density at radius 1 is 1.44 bits per heavy atom. The monoisotopic (exact) mass is 376 g/mol. The summed E-state index contributed by atoms with van der Waals surface area (Å²) >= 11 is 0.989. The van der Waals surface area contributed by atoms with Gasteiger partial charge >= 0.3 is 6.36 Å². The first-order valence-electron chi connectivity index (χ1n) is 7.02. The van der Waals surface area contributed by atoms with E-state index in [4.69, 9.17) is 5.73 Å². The Kier molecular flexibility index (Phi) is 5.48. The van der Waals surface area contributed by atoms with Crippen LogP contribution in [0.3, 0.4) is 0 Å². The molecule has 1 unspecified atom stereocenters. The molecule has 0 radical (unpaired) electrons. The standard InChI is InChI=1S/C14H15F3N4O3S/c1-7(18)12(23)21(2)6-11(22)20-13-19-9-4-3-8(5-10(9)25-13)24-14(15,16)17/h3-5,7H,6,18H2,1-2H3,(H,19,20,22). The summed E-state index contributed by atoms with van der Waals surface area (Å²) in [6.07, 6.45) is -4.79. The number of thiazole rings is 1. The summed E-state index contributed by atoms with van der Waals surface area (Å²) in [6.45, 7) is 1.28. The van der Waals surface area contributed by atoms with Crippen molar-refractivity contribution >= 4 is 38.5 Å². The van der Waals surface area contributed by atoms with Crippen LogP contribution in [0.4, 0.5) is 18.3 Å². The summed E-state index contributed by atoms with van der Waals surface area (Å²) in [4.78, 5) is 28.8. The van der Waals surface area contributed by atoms with Gasteiger partial charge in [-0.05, 0) is 19.1 Å². The molecule has 25 heavy (non-hydrogen) atoms. The Morgan fingerprint density at radius 2 is 2.12 bits per heavy atom. The smallest absolute Gasteiger partial charge is 0.406 e. The third-order valence-electron chi connectivity index (χ3n) is 2.99. The molecule has 0 aliphatic heterocycles. The molecule has 2 aromatic rings. The van der Waals surface area contributed by atoms with Gasteiger partial charge in [-0.25, -0.2) is 4.98 Å². The molecule has 2 amide bonds. The van der Waals surface area contributed by atoms with Crippen molar-refractivity contribution in [3.05, 3.63) is 18.2 Å². The molecule has 1 heterocycles. The number of ether oxygens (including phenoxy) is 1. The molecule has 1 aromatic carbocycles. The molecule has 1 aromatic heterocycles. The quantitative estimate of drug-likeness (QED) is 0.831. The molecular formula is C14H15F3N4O3S. The topological polar surface area (TPSA) is 97.6 Å². The van der Waals surface area contributed by atoms with Crippen molar-refractivity contribution in [1.82, 2.24) is 9.88 Å². The van der Waals surface area contributed by atoms with Crippen LogP contribution in [0.2, 0.25) is 0 Å². The van der Waals surface area contributed by atoms with Gasteiger partial charge in [0, 0.05) is 13.1 Å². The average Bonchev–Trinajstić information content (AvgIpc) is 2.85. The van der Waals surface area contributed by atoms with E-state index in [9.17, 15) is 22.8 Å². The number of rotatable bonds is 5. The first-order valence-corrected chi connectivity index (χ1v) is 7.83. The number of carbonyl (C=O) groups is 2. The number of halogens is 3. The number of anilines is 1. The van der Waals surface area contributed by atoms with Crippen LogP contribution >= 0.6 is 11.3 Å². The third-order valence-corrected chi connectivity index (χ3v) is 3.92. The fraction of sp³-hybridized carbons (Fsp3) is 0.357. The highest BCUT2D eigenvalue weighted by Crippen LogP contribution is 2.31. The molecule has 0 saturated heterocycles. The summed E-state index contributed by atoms with van der Waals surface area (Å²) in [7, 11) is 1.43. The summed E-state index contributed by atoms with van der Waals surface area (Å²) in [6, 6.07) is 2.94. The van der Waals surface area contributed by atoms with E-state index in [1.54, 1.807) is 0 Å². The molecule has 0 fully saturated rings. The normalized spacial score (nSPS) is 12.7. The van der Waals surface area contributed by atoms with Crippen LogP contribution < -0.4 is 15.8 Å². The molecule has 0 spiro atoms. The molecule has 0 bridgehead atoms. The van der Waals surface area contributed by atoms with E-state index in [2.05, 4.69) is 15.0 Å². The number of hydrogen-bond acceptors (Lipinski definition) is 6. The Balaban J connectivity index is 2.06. The molecule has 1 atom stereocenters. The number of carbonyl (C=O) groups excluding carboxylic acids is 2. The van der Waals surface area contributed by atoms with Gasteiger partial charge in [-0.1, -0.05) is 11.3 Å². The van der Waals surface area contributed by atoms with Crippen LogP contribution in [-0.2, 0) is 9.59 Å². The molecule has 136 valence electrons. The van der Waals surface area contributed by atoms with Gasteiger partial charge in [0.25, 0.3) is 0 Å². The van der Waals surface area contributed by atoms with E-state index >= 15 is 0 Å². The molecule has 7 nitrogen and oxygen atoms in total.